The summed E-state index contributed by atoms with van der Waals surface area (Å²) in [7, 11) is 0. The number of hydrogen-bond acceptors (Lipinski definition) is 2. The summed E-state index contributed by atoms with van der Waals surface area (Å²) in [4.78, 5) is 12.0. The van der Waals surface area contributed by atoms with E-state index in [-0.39, 0.29) is 0 Å². The molecule has 1 aliphatic rings. The van der Waals surface area contributed by atoms with Crippen LogP contribution in [-0.4, -0.2) is 15.4 Å². The SMILES string of the molecule is CC(C)CC(=O)CCC(C)c1nn2ccccc2c1C1CCC1. The summed E-state index contributed by atoms with van der Waals surface area (Å²) in [6.07, 6.45) is 8.22. The lowest BCUT2D eigenvalue weighted by molar-refractivity contribution is -0.119. The van der Waals surface area contributed by atoms with Crippen LogP contribution in [0.4, 0.5) is 0 Å². The van der Waals surface area contributed by atoms with Crippen molar-refractivity contribution in [2.75, 3.05) is 0 Å². The maximum absolute atomic E-state index is 12.0. The van der Waals surface area contributed by atoms with Crippen LogP contribution >= 0.6 is 0 Å². The van der Waals surface area contributed by atoms with Crippen LogP contribution in [0.15, 0.2) is 24.4 Å². The Balaban J connectivity index is 1.79. The first-order chi connectivity index (χ1) is 11.1. The summed E-state index contributed by atoms with van der Waals surface area (Å²) in [5.41, 5.74) is 3.92. The Bertz CT molecular complexity index is 682. The molecule has 0 N–H and O–H groups in total. The Morgan fingerprint density at radius 3 is 2.74 bits per heavy atom. The smallest absolute Gasteiger partial charge is 0.133 e. The van der Waals surface area contributed by atoms with Crippen molar-refractivity contribution in [1.29, 1.82) is 0 Å². The highest BCUT2D eigenvalue weighted by molar-refractivity contribution is 5.78. The van der Waals surface area contributed by atoms with Gasteiger partial charge in [0.05, 0.1) is 11.2 Å². The van der Waals surface area contributed by atoms with E-state index in [0.717, 1.165) is 6.42 Å². The van der Waals surface area contributed by atoms with E-state index in [9.17, 15) is 4.79 Å². The number of carbonyl (C=O) groups is 1. The molecule has 124 valence electrons. The molecule has 1 atom stereocenters. The zero-order chi connectivity index (χ0) is 16.4. The average molecular weight is 312 g/mol. The number of ketones is 1. The molecule has 0 saturated heterocycles. The molecule has 1 aliphatic carbocycles. The van der Waals surface area contributed by atoms with Crippen LogP contribution in [0.1, 0.15) is 82.4 Å². The normalized spacial score (nSPS) is 16.7. The maximum atomic E-state index is 12.0. The first kappa shape index (κ1) is 16.2. The second-order valence-electron chi connectivity index (χ2n) is 7.53. The fourth-order valence-electron chi connectivity index (χ4n) is 3.59. The third kappa shape index (κ3) is 3.49. The number of fused-ring (bicyclic) bond motifs is 1. The molecule has 2 heterocycles. The van der Waals surface area contributed by atoms with Gasteiger partial charge in [0.15, 0.2) is 0 Å². The van der Waals surface area contributed by atoms with E-state index in [4.69, 9.17) is 5.10 Å². The van der Waals surface area contributed by atoms with E-state index in [1.165, 1.54) is 36.0 Å². The molecule has 0 bridgehead atoms. The van der Waals surface area contributed by atoms with Gasteiger partial charge in [-0.2, -0.15) is 5.10 Å². The lowest BCUT2D eigenvalue weighted by Gasteiger charge is -2.27. The molecule has 1 fully saturated rings. The number of hydrogen-bond donors (Lipinski definition) is 0. The van der Waals surface area contributed by atoms with Crippen LogP contribution in [0.3, 0.4) is 0 Å². The fraction of sp³-hybridized carbons (Fsp3) is 0.600. The zero-order valence-electron chi connectivity index (χ0n) is 14.6. The Morgan fingerprint density at radius 2 is 2.09 bits per heavy atom. The average Bonchev–Trinajstić information content (AvgIpc) is 2.82. The van der Waals surface area contributed by atoms with E-state index in [1.807, 2.05) is 16.8 Å². The molecule has 0 amide bonds. The van der Waals surface area contributed by atoms with Gasteiger partial charge in [-0.15, -0.1) is 0 Å². The number of rotatable bonds is 7. The van der Waals surface area contributed by atoms with E-state index in [2.05, 4.69) is 32.9 Å². The maximum Gasteiger partial charge on any atom is 0.133 e. The van der Waals surface area contributed by atoms with Crippen molar-refractivity contribution in [3.63, 3.8) is 0 Å². The predicted molar refractivity (Wildman–Crippen MR) is 93.9 cm³/mol. The number of aromatic nitrogens is 2. The molecule has 3 nitrogen and oxygen atoms in total. The summed E-state index contributed by atoms with van der Waals surface area (Å²) in [5.74, 6) is 1.86. The highest BCUT2D eigenvalue weighted by Crippen LogP contribution is 2.42. The second kappa shape index (κ2) is 6.86. The topological polar surface area (TPSA) is 34.4 Å². The quantitative estimate of drug-likeness (QED) is 0.712. The summed E-state index contributed by atoms with van der Waals surface area (Å²) in [5, 5.41) is 4.86. The molecule has 2 aromatic rings. The van der Waals surface area contributed by atoms with Gasteiger partial charge in [0.1, 0.15) is 5.78 Å². The molecule has 0 aliphatic heterocycles. The number of nitrogens with zero attached hydrogens (tertiary/aromatic N) is 2. The first-order valence-electron chi connectivity index (χ1n) is 9.05. The van der Waals surface area contributed by atoms with Crippen LogP contribution in [0.25, 0.3) is 5.52 Å². The minimum atomic E-state index is 0.349. The van der Waals surface area contributed by atoms with Gasteiger partial charge < -0.3 is 0 Å². The van der Waals surface area contributed by atoms with Crippen LogP contribution in [-0.2, 0) is 4.79 Å². The van der Waals surface area contributed by atoms with Crippen molar-refractivity contribution < 1.29 is 4.79 Å². The van der Waals surface area contributed by atoms with Gasteiger partial charge in [0.25, 0.3) is 0 Å². The van der Waals surface area contributed by atoms with Crippen molar-refractivity contribution in [3.05, 3.63) is 35.7 Å². The molecule has 0 spiro atoms. The molecule has 1 unspecified atom stereocenters. The van der Waals surface area contributed by atoms with Crippen LogP contribution in [0.5, 0.6) is 0 Å². The third-order valence-corrected chi connectivity index (χ3v) is 5.08. The molecule has 3 heteroatoms. The van der Waals surface area contributed by atoms with Gasteiger partial charge in [0.2, 0.25) is 0 Å². The third-order valence-electron chi connectivity index (χ3n) is 5.08. The molecular weight excluding hydrogens is 284 g/mol. The van der Waals surface area contributed by atoms with Crippen molar-refractivity contribution in [1.82, 2.24) is 9.61 Å². The molecule has 3 rings (SSSR count). The van der Waals surface area contributed by atoms with Gasteiger partial charge in [-0.3, -0.25) is 4.79 Å². The lowest BCUT2D eigenvalue weighted by atomic mass is 9.77. The number of carbonyl (C=O) groups excluding carboxylic acids is 1. The number of pyridine rings is 1. The Hall–Kier alpha value is -1.64. The molecule has 0 aromatic carbocycles. The molecule has 1 saturated carbocycles. The minimum absolute atomic E-state index is 0.349. The van der Waals surface area contributed by atoms with Crippen molar-refractivity contribution in [3.8, 4) is 0 Å². The van der Waals surface area contributed by atoms with Crippen LogP contribution < -0.4 is 0 Å². The summed E-state index contributed by atoms with van der Waals surface area (Å²) in [6, 6.07) is 6.31. The molecule has 2 aromatic heterocycles. The summed E-state index contributed by atoms with van der Waals surface area (Å²) in [6.45, 7) is 6.45. The van der Waals surface area contributed by atoms with Gasteiger partial charge in [-0.25, -0.2) is 4.52 Å². The van der Waals surface area contributed by atoms with Gasteiger partial charge >= 0.3 is 0 Å². The standard InChI is InChI=1S/C20H28N2O/c1-14(2)13-17(23)11-10-15(3)20-19(16-7-6-8-16)18-9-4-5-12-22(18)21-20/h4-5,9,12,14-16H,6-8,10-11,13H2,1-3H3. The molecular formula is C20H28N2O. The summed E-state index contributed by atoms with van der Waals surface area (Å²) >= 11 is 0. The van der Waals surface area contributed by atoms with E-state index >= 15 is 0 Å². The highest BCUT2D eigenvalue weighted by Gasteiger charge is 2.28. The van der Waals surface area contributed by atoms with E-state index in [1.54, 1.807) is 0 Å². The molecule has 0 radical (unpaired) electrons. The van der Waals surface area contributed by atoms with Gasteiger partial charge in [-0.1, -0.05) is 33.3 Å². The van der Waals surface area contributed by atoms with Gasteiger partial charge in [0, 0.05) is 30.5 Å². The van der Waals surface area contributed by atoms with Crippen LogP contribution in [0, 0.1) is 5.92 Å². The van der Waals surface area contributed by atoms with Crippen molar-refractivity contribution >= 4 is 11.3 Å². The van der Waals surface area contributed by atoms with Gasteiger partial charge in [-0.05, 0) is 43.2 Å². The molecule has 23 heavy (non-hydrogen) atoms. The summed E-state index contributed by atoms with van der Waals surface area (Å²) < 4.78 is 2.02. The van der Waals surface area contributed by atoms with Crippen molar-refractivity contribution in [2.24, 2.45) is 5.92 Å². The van der Waals surface area contributed by atoms with E-state index < -0.39 is 0 Å². The Labute approximate surface area is 139 Å². The monoisotopic (exact) mass is 312 g/mol. The zero-order valence-corrected chi connectivity index (χ0v) is 14.6. The minimum Gasteiger partial charge on any atom is -0.300 e. The van der Waals surface area contributed by atoms with E-state index in [0.29, 0.717) is 36.4 Å². The lowest BCUT2D eigenvalue weighted by Crippen LogP contribution is -2.12. The highest BCUT2D eigenvalue weighted by atomic mass is 16.1. The Kier molecular flexibility index (Phi) is 4.84. The number of Topliss-reactive ketones (excluding diaryl/α,β-unsaturated/α-hetero) is 1. The predicted octanol–water partition coefficient (Wildman–Crippen LogP) is 5.10. The fourth-order valence-corrected chi connectivity index (χ4v) is 3.59. The largest absolute Gasteiger partial charge is 0.300 e. The Morgan fingerprint density at radius 1 is 1.30 bits per heavy atom. The van der Waals surface area contributed by atoms with Crippen molar-refractivity contribution in [2.45, 2.75) is 71.1 Å². The first-order valence-corrected chi connectivity index (χ1v) is 9.05. The van der Waals surface area contributed by atoms with Crippen LogP contribution in [0.2, 0.25) is 0 Å². The second-order valence-corrected chi connectivity index (χ2v) is 7.53.